The van der Waals surface area contributed by atoms with Crippen LogP contribution in [-0.2, 0) is 0 Å². The molecule has 0 aliphatic rings. The minimum Gasteiger partial charge on any atom is -0.396 e. The van der Waals surface area contributed by atoms with E-state index in [1.807, 2.05) is 11.8 Å². The van der Waals surface area contributed by atoms with Gasteiger partial charge in [-0.1, -0.05) is 171 Å². The van der Waals surface area contributed by atoms with Crippen molar-refractivity contribution in [2.75, 3.05) is 35.8 Å². The van der Waals surface area contributed by atoms with Crippen molar-refractivity contribution in [1.82, 2.24) is 0 Å². The van der Waals surface area contributed by atoms with Gasteiger partial charge in [0.25, 0.3) is 0 Å². The number of halogens is 1. The number of alkyl halides is 1. The Balaban J connectivity index is -0.000000576. The van der Waals surface area contributed by atoms with Gasteiger partial charge in [0, 0.05) is 18.5 Å². The summed E-state index contributed by atoms with van der Waals surface area (Å²) in [5, 5.41) is 17.9. The Morgan fingerprint density at radius 3 is 1.03 bits per heavy atom. The van der Waals surface area contributed by atoms with E-state index in [-0.39, 0.29) is 6.61 Å². The van der Waals surface area contributed by atoms with Gasteiger partial charge in [0.2, 0.25) is 0 Å². The monoisotopic (exact) mass is 656 g/mol. The maximum absolute atomic E-state index is 8.66. The lowest BCUT2D eigenvalue weighted by molar-refractivity contribution is 0.296. The third kappa shape index (κ3) is 55.6. The molecule has 0 amide bonds. The van der Waals surface area contributed by atoms with Crippen LogP contribution in [0.25, 0.3) is 0 Å². The van der Waals surface area contributed by atoms with Crippen molar-refractivity contribution in [2.24, 2.45) is 0 Å². The topological polar surface area (TPSA) is 40.5 Å². The maximum atomic E-state index is 8.66. The Morgan fingerprint density at radius 1 is 0.436 bits per heavy atom. The first-order chi connectivity index (χ1) is 19.2. The number of rotatable bonds is 30. The Kier molecular flexibility index (Phi) is 55.7. The van der Waals surface area contributed by atoms with Gasteiger partial charge in [-0.2, -0.15) is 24.4 Å². The van der Waals surface area contributed by atoms with Crippen molar-refractivity contribution < 1.29 is 10.2 Å². The molecule has 39 heavy (non-hydrogen) atoms. The number of hydrogen-bond acceptors (Lipinski definition) is 4. The largest absolute Gasteiger partial charge is 0.396 e. The number of aliphatic hydroxyl groups is 2. The molecule has 2 nitrogen and oxygen atoms in total. The lowest BCUT2D eigenvalue weighted by Gasteiger charge is -2.03. The molecule has 0 aromatic heterocycles. The molecule has 0 aliphatic carbocycles. The zero-order valence-corrected chi connectivity index (χ0v) is 30.1. The third-order valence-electron chi connectivity index (χ3n) is 6.89. The molecule has 0 spiro atoms. The van der Waals surface area contributed by atoms with Crippen LogP contribution in [0.3, 0.4) is 0 Å². The van der Waals surface area contributed by atoms with Crippen LogP contribution in [0.4, 0.5) is 0 Å². The van der Waals surface area contributed by atoms with E-state index in [1.54, 1.807) is 0 Å². The zero-order chi connectivity index (χ0) is 29.3. The van der Waals surface area contributed by atoms with E-state index < -0.39 is 0 Å². The molecule has 2 N–H and O–H groups in total. The Labute approximate surface area is 266 Å². The van der Waals surface area contributed by atoms with Crippen LogP contribution in [0.2, 0.25) is 0 Å². The average Bonchev–Trinajstić information content (AvgIpc) is 2.95. The number of thioether (sulfide) groups is 1. The SMILES string of the molecule is CCCCCCCCCCCCCCBr.CCCCCCCCCCCCCCSCCCO.OCCCS. The molecule has 0 radical (unpaired) electrons. The van der Waals surface area contributed by atoms with Crippen LogP contribution in [0.15, 0.2) is 0 Å². The van der Waals surface area contributed by atoms with Gasteiger partial charge in [-0.25, -0.2) is 0 Å². The number of thiol groups is 1. The van der Waals surface area contributed by atoms with Crippen molar-refractivity contribution in [3.05, 3.63) is 0 Å². The summed E-state index contributed by atoms with van der Waals surface area (Å²) in [6.45, 7) is 5.19. The van der Waals surface area contributed by atoms with E-state index in [2.05, 4.69) is 42.4 Å². The fourth-order valence-corrected chi connectivity index (χ4v) is 5.80. The van der Waals surface area contributed by atoms with E-state index in [9.17, 15) is 0 Å². The second kappa shape index (κ2) is 48.8. The molecule has 0 unspecified atom stereocenters. The van der Waals surface area contributed by atoms with Gasteiger partial charge in [-0.15, -0.1) is 0 Å². The van der Waals surface area contributed by atoms with Gasteiger partial charge in [0.05, 0.1) is 0 Å². The first-order valence-electron chi connectivity index (χ1n) is 17.2. The highest BCUT2D eigenvalue weighted by Crippen LogP contribution is 2.14. The molecule has 0 aliphatic heterocycles. The molecule has 0 fully saturated rings. The quantitative estimate of drug-likeness (QED) is 0.0409. The molecule has 0 aromatic carbocycles. The average molecular weight is 658 g/mol. The molecule has 0 bridgehead atoms. The van der Waals surface area contributed by atoms with Gasteiger partial charge < -0.3 is 10.2 Å². The Hall–Kier alpha value is 1.10. The fraction of sp³-hybridized carbons (Fsp3) is 1.00. The van der Waals surface area contributed by atoms with Gasteiger partial charge >= 0.3 is 0 Å². The van der Waals surface area contributed by atoms with Crippen LogP contribution < -0.4 is 0 Å². The van der Waals surface area contributed by atoms with Crippen molar-refractivity contribution in [2.45, 2.75) is 181 Å². The van der Waals surface area contributed by atoms with Crippen LogP contribution in [0.1, 0.15) is 181 Å². The van der Waals surface area contributed by atoms with E-state index in [0.717, 1.165) is 24.3 Å². The van der Waals surface area contributed by atoms with Crippen molar-refractivity contribution >= 4 is 40.3 Å². The molecule has 5 heteroatoms. The van der Waals surface area contributed by atoms with Gasteiger partial charge in [-0.3, -0.25) is 0 Å². The second-order valence-corrected chi connectivity index (χ2v) is 13.4. The fourth-order valence-electron chi connectivity index (χ4n) is 4.32. The summed E-state index contributed by atoms with van der Waals surface area (Å²) in [5.41, 5.74) is 0. The molecule has 0 heterocycles. The van der Waals surface area contributed by atoms with Gasteiger partial charge in [0.15, 0.2) is 0 Å². The predicted molar refractivity (Wildman–Crippen MR) is 191 cm³/mol. The second-order valence-electron chi connectivity index (χ2n) is 11.0. The molecule has 0 saturated heterocycles. The predicted octanol–water partition coefficient (Wildman–Crippen LogP) is 12.2. The molecule has 240 valence electrons. The Morgan fingerprint density at radius 2 is 0.744 bits per heavy atom. The molecule has 0 rings (SSSR count). The third-order valence-corrected chi connectivity index (χ3v) is 8.92. The molecular weight excluding hydrogens is 584 g/mol. The first kappa shape index (κ1) is 44.5. The minimum atomic E-state index is 0.267. The first-order valence-corrected chi connectivity index (χ1v) is 20.1. The smallest absolute Gasteiger partial charge is 0.0438 e. The zero-order valence-electron chi connectivity index (χ0n) is 26.8. The van der Waals surface area contributed by atoms with Crippen LogP contribution in [0.5, 0.6) is 0 Å². The molecular formula is C34H73BrO2S2. The number of aliphatic hydroxyl groups excluding tert-OH is 2. The molecule has 0 aromatic rings. The van der Waals surface area contributed by atoms with Gasteiger partial charge in [-0.05, 0) is 42.9 Å². The summed E-state index contributed by atoms with van der Waals surface area (Å²) in [4.78, 5) is 0. The number of unbranched alkanes of at least 4 members (excludes halogenated alkanes) is 22. The van der Waals surface area contributed by atoms with E-state index in [4.69, 9.17) is 10.2 Å². The molecule has 0 atom stereocenters. The summed E-state index contributed by atoms with van der Waals surface area (Å²) in [7, 11) is 0. The highest BCUT2D eigenvalue weighted by atomic mass is 79.9. The number of hydrogen-bond donors (Lipinski definition) is 3. The van der Waals surface area contributed by atoms with E-state index in [0.29, 0.717) is 6.61 Å². The lowest BCUT2D eigenvalue weighted by atomic mass is 10.1. The van der Waals surface area contributed by atoms with E-state index >= 15 is 0 Å². The maximum Gasteiger partial charge on any atom is 0.0438 e. The van der Waals surface area contributed by atoms with Crippen LogP contribution in [0, 0.1) is 0 Å². The normalized spacial score (nSPS) is 10.6. The highest BCUT2D eigenvalue weighted by Gasteiger charge is 1.95. The summed E-state index contributed by atoms with van der Waals surface area (Å²) < 4.78 is 0. The summed E-state index contributed by atoms with van der Waals surface area (Å²) in [6.07, 6.45) is 36.2. The summed E-state index contributed by atoms with van der Waals surface area (Å²) in [6, 6.07) is 0. The van der Waals surface area contributed by atoms with Crippen molar-refractivity contribution in [3.63, 3.8) is 0 Å². The Bertz CT molecular complexity index is 332. The van der Waals surface area contributed by atoms with Crippen molar-refractivity contribution in [1.29, 1.82) is 0 Å². The summed E-state index contributed by atoms with van der Waals surface area (Å²) >= 11 is 9.31. The minimum absolute atomic E-state index is 0.267. The van der Waals surface area contributed by atoms with E-state index in [1.165, 1.54) is 165 Å². The standard InChI is InChI=1S/C17H36OS.C14H29Br.C3H8OS/c1-2-3-4-5-6-7-8-9-10-11-12-13-16-19-17-14-15-18;1-2-3-4-5-6-7-8-9-10-11-12-13-14-15;4-2-1-3-5/h18H,2-17H2,1H3;2-14H2,1H3;4-5H,1-3H2. The van der Waals surface area contributed by atoms with Gasteiger partial charge in [0.1, 0.15) is 0 Å². The van der Waals surface area contributed by atoms with Crippen LogP contribution >= 0.6 is 40.3 Å². The lowest BCUT2D eigenvalue weighted by Crippen LogP contribution is -1.88. The molecule has 0 saturated carbocycles. The summed E-state index contributed by atoms with van der Waals surface area (Å²) in [5.74, 6) is 3.21. The highest BCUT2D eigenvalue weighted by molar-refractivity contribution is 9.09. The van der Waals surface area contributed by atoms with Crippen LogP contribution in [-0.4, -0.2) is 46.0 Å². The van der Waals surface area contributed by atoms with Crippen molar-refractivity contribution in [3.8, 4) is 0 Å².